The third kappa shape index (κ3) is 5.31. The molecule has 1 N–H and O–H groups in total. The molecule has 20 heavy (non-hydrogen) atoms. The van der Waals surface area contributed by atoms with Gasteiger partial charge in [-0.15, -0.1) is 0 Å². The Morgan fingerprint density at radius 1 is 1.25 bits per heavy atom. The van der Waals surface area contributed by atoms with E-state index in [2.05, 4.69) is 41.8 Å². The maximum Gasteiger partial charge on any atom is 0.118 e. The maximum atomic E-state index is 10.8. The van der Waals surface area contributed by atoms with Crippen molar-refractivity contribution in [3.8, 4) is 0 Å². The predicted molar refractivity (Wildman–Crippen MR) is 83.1 cm³/mol. The fourth-order valence-electron chi connectivity index (χ4n) is 3.87. The summed E-state index contributed by atoms with van der Waals surface area (Å²) < 4.78 is 0.982. The summed E-state index contributed by atoms with van der Waals surface area (Å²) >= 11 is 0. The zero-order valence-corrected chi connectivity index (χ0v) is 16.0. The SMILES string of the molecule is CCCCC[N+](C)(C)C1CC(C(C)C)CCC1(C)O.[Br-]. The molecule has 0 heterocycles. The molecule has 0 aromatic heterocycles. The number of nitrogens with zero attached hydrogens (tertiary/aromatic N) is 1. The smallest absolute Gasteiger partial charge is 0.118 e. The van der Waals surface area contributed by atoms with Crippen LogP contribution in [-0.2, 0) is 0 Å². The Morgan fingerprint density at radius 2 is 1.85 bits per heavy atom. The zero-order chi connectivity index (χ0) is 14.7. The minimum Gasteiger partial charge on any atom is -1.00 e. The quantitative estimate of drug-likeness (QED) is 0.556. The lowest BCUT2D eigenvalue weighted by Crippen LogP contribution is -3.00. The summed E-state index contributed by atoms with van der Waals surface area (Å²) in [6.07, 6.45) is 7.21. The minimum atomic E-state index is -0.485. The summed E-state index contributed by atoms with van der Waals surface area (Å²) in [6, 6.07) is 0.394. The van der Waals surface area contributed by atoms with E-state index >= 15 is 0 Å². The highest BCUT2D eigenvalue weighted by Crippen LogP contribution is 2.40. The fraction of sp³-hybridized carbons (Fsp3) is 1.00. The van der Waals surface area contributed by atoms with Crippen molar-refractivity contribution >= 4 is 0 Å². The first kappa shape index (κ1) is 20.4. The number of unbranched alkanes of at least 4 members (excludes halogenated alkanes) is 2. The van der Waals surface area contributed by atoms with Gasteiger partial charge in [-0.25, -0.2) is 0 Å². The van der Waals surface area contributed by atoms with Crippen molar-refractivity contribution in [2.45, 2.75) is 77.9 Å². The Morgan fingerprint density at radius 3 is 2.35 bits per heavy atom. The van der Waals surface area contributed by atoms with Crippen LogP contribution < -0.4 is 17.0 Å². The molecular formula is C17H36BrNO. The normalized spacial score (nSPS) is 31.2. The highest BCUT2D eigenvalue weighted by molar-refractivity contribution is 4.91. The molecule has 0 amide bonds. The van der Waals surface area contributed by atoms with Crippen molar-refractivity contribution < 1.29 is 26.6 Å². The van der Waals surface area contributed by atoms with Crippen molar-refractivity contribution in [1.29, 1.82) is 0 Å². The van der Waals surface area contributed by atoms with Crippen molar-refractivity contribution in [2.75, 3.05) is 20.6 Å². The third-order valence-corrected chi connectivity index (χ3v) is 5.39. The van der Waals surface area contributed by atoms with Crippen LogP contribution in [0.5, 0.6) is 0 Å². The number of halogens is 1. The maximum absolute atomic E-state index is 10.8. The third-order valence-electron chi connectivity index (χ3n) is 5.39. The number of likely N-dealkylation sites (N-methyl/N-ethyl adjacent to an activating group) is 1. The largest absolute Gasteiger partial charge is 1.00 e. The molecule has 3 atom stereocenters. The molecular weight excluding hydrogens is 314 g/mol. The van der Waals surface area contributed by atoms with E-state index in [1.54, 1.807) is 0 Å². The summed E-state index contributed by atoms with van der Waals surface area (Å²) in [5, 5.41) is 10.8. The Hall–Kier alpha value is 0.400. The molecule has 0 aliphatic heterocycles. The molecule has 0 radical (unpaired) electrons. The van der Waals surface area contributed by atoms with Gasteiger partial charge >= 0.3 is 0 Å². The van der Waals surface area contributed by atoms with Crippen LogP contribution in [0.2, 0.25) is 0 Å². The Kier molecular flexibility index (Phi) is 8.31. The van der Waals surface area contributed by atoms with Crippen LogP contribution in [0.15, 0.2) is 0 Å². The van der Waals surface area contributed by atoms with Crippen LogP contribution in [0.3, 0.4) is 0 Å². The highest BCUT2D eigenvalue weighted by Gasteiger charge is 2.47. The first-order valence-electron chi connectivity index (χ1n) is 8.25. The molecule has 1 aliphatic rings. The van der Waals surface area contributed by atoms with Crippen LogP contribution in [0, 0.1) is 11.8 Å². The van der Waals surface area contributed by atoms with Gasteiger partial charge in [-0.3, -0.25) is 0 Å². The average Bonchev–Trinajstić information content (AvgIpc) is 2.27. The lowest BCUT2D eigenvalue weighted by atomic mass is 9.71. The Balaban J connectivity index is 0.00000361. The number of hydrogen-bond acceptors (Lipinski definition) is 1. The van der Waals surface area contributed by atoms with Crippen LogP contribution >= 0.6 is 0 Å². The van der Waals surface area contributed by atoms with Crippen molar-refractivity contribution in [1.82, 2.24) is 0 Å². The average molecular weight is 350 g/mol. The molecule has 2 nitrogen and oxygen atoms in total. The summed E-state index contributed by atoms with van der Waals surface area (Å²) in [6.45, 7) is 10.2. The van der Waals surface area contributed by atoms with E-state index in [0.29, 0.717) is 6.04 Å². The Labute approximate surface area is 137 Å². The van der Waals surface area contributed by atoms with Crippen molar-refractivity contribution in [2.24, 2.45) is 11.8 Å². The van der Waals surface area contributed by atoms with Gasteiger partial charge in [0.05, 0.1) is 20.6 Å². The standard InChI is InChI=1S/C17H36NO.BrH/c1-7-8-9-12-18(5,6)16-13-15(14(2)3)10-11-17(16,4)19;/h14-16,19H,7-13H2,1-6H3;1H/q+1;/p-1. The predicted octanol–water partition coefficient (Wildman–Crippen LogP) is 0.833. The second kappa shape index (κ2) is 8.14. The molecule has 1 saturated carbocycles. The van der Waals surface area contributed by atoms with Crippen LogP contribution in [0.25, 0.3) is 0 Å². The summed E-state index contributed by atoms with van der Waals surface area (Å²) in [5.41, 5.74) is -0.485. The lowest BCUT2D eigenvalue weighted by molar-refractivity contribution is -0.924. The zero-order valence-electron chi connectivity index (χ0n) is 14.5. The minimum absolute atomic E-state index is 0. The van der Waals surface area contributed by atoms with Gasteiger partial charge < -0.3 is 26.6 Å². The number of rotatable bonds is 6. The molecule has 1 aliphatic carbocycles. The van der Waals surface area contributed by atoms with Gasteiger partial charge in [0.15, 0.2) is 0 Å². The molecule has 0 bridgehead atoms. The molecule has 0 spiro atoms. The summed E-state index contributed by atoms with van der Waals surface area (Å²) in [4.78, 5) is 0. The first-order valence-corrected chi connectivity index (χ1v) is 8.25. The molecule has 0 saturated heterocycles. The number of quaternary nitrogens is 1. The van der Waals surface area contributed by atoms with Gasteiger partial charge in [-0.1, -0.05) is 27.2 Å². The second-order valence-electron chi connectivity index (χ2n) is 7.86. The van der Waals surface area contributed by atoms with Crippen molar-refractivity contribution in [3.63, 3.8) is 0 Å². The van der Waals surface area contributed by atoms with Crippen LogP contribution in [-0.4, -0.2) is 41.9 Å². The van der Waals surface area contributed by atoms with Crippen LogP contribution in [0.1, 0.15) is 66.2 Å². The van der Waals surface area contributed by atoms with E-state index in [0.717, 1.165) is 22.7 Å². The van der Waals surface area contributed by atoms with E-state index in [1.807, 2.05) is 0 Å². The molecule has 0 aromatic rings. The number of hydrogen-bond donors (Lipinski definition) is 1. The van der Waals surface area contributed by atoms with E-state index in [1.165, 1.54) is 38.6 Å². The molecule has 0 aromatic carbocycles. The van der Waals surface area contributed by atoms with E-state index in [-0.39, 0.29) is 17.0 Å². The van der Waals surface area contributed by atoms with Gasteiger partial charge in [0.2, 0.25) is 0 Å². The van der Waals surface area contributed by atoms with Gasteiger partial charge in [0.1, 0.15) is 11.6 Å². The second-order valence-corrected chi connectivity index (χ2v) is 7.86. The molecule has 1 rings (SSSR count). The molecule has 3 heteroatoms. The monoisotopic (exact) mass is 349 g/mol. The van der Waals surface area contributed by atoms with Gasteiger partial charge in [-0.2, -0.15) is 0 Å². The van der Waals surface area contributed by atoms with E-state index in [9.17, 15) is 5.11 Å². The van der Waals surface area contributed by atoms with Gasteiger partial charge in [0.25, 0.3) is 0 Å². The number of aliphatic hydroxyl groups is 1. The van der Waals surface area contributed by atoms with Crippen molar-refractivity contribution in [3.05, 3.63) is 0 Å². The topological polar surface area (TPSA) is 20.2 Å². The molecule has 1 fully saturated rings. The van der Waals surface area contributed by atoms with Gasteiger partial charge in [0, 0.05) is 6.42 Å². The lowest BCUT2D eigenvalue weighted by Gasteiger charge is -2.50. The summed E-state index contributed by atoms with van der Waals surface area (Å²) in [5.74, 6) is 1.53. The Bertz CT molecular complexity index is 276. The van der Waals surface area contributed by atoms with Gasteiger partial charge in [-0.05, 0) is 44.4 Å². The molecule has 3 unspecified atom stereocenters. The summed E-state index contributed by atoms with van der Waals surface area (Å²) in [7, 11) is 4.63. The van der Waals surface area contributed by atoms with E-state index < -0.39 is 5.60 Å². The van der Waals surface area contributed by atoms with Crippen LogP contribution in [0.4, 0.5) is 0 Å². The highest BCUT2D eigenvalue weighted by atomic mass is 79.9. The first-order chi connectivity index (χ1) is 8.70. The van der Waals surface area contributed by atoms with E-state index in [4.69, 9.17) is 0 Å². The fourth-order valence-corrected chi connectivity index (χ4v) is 3.87. The molecule has 122 valence electrons.